The van der Waals surface area contributed by atoms with Crippen molar-refractivity contribution in [1.29, 1.82) is 0 Å². The number of ether oxygens (including phenoxy) is 2. The van der Waals surface area contributed by atoms with E-state index < -0.39 is 0 Å². The maximum atomic E-state index is 8.79. The van der Waals surface area contributed by atoms with Gasteiger partial charge in [0.25, 0.3) is 0 Å². The van der Waals surface area contributed by atoms with Crippen molar-refractivity contribution in [3.8, 4) is 22.6 Å². The zero-order valence-corrected chi connectivity index (χ0v) is 13.8. The molecule has 2 aromatic carbocycles. The van der Waals surface area contributed by atoms with Crippen LogP contribution in [0.5, 0.6) is 11.5 Å². The van der Waals surface area contributed by atoms with Gasteiger partial charge in [0.05, 0.1) is 14.2 Å². The van der Waals surface area contributed by atoms with Crippen LogP contribution < -0.4 is 14.8 Å². The van der Waals surface area contributed by atoms with Crippen molar-refractivity contribution >= 4 is 5.69 Å². The van der Waals surface area contributed by atoms with Gasteiger partial charge in [-0.2, -0.15) is 0 Å². The highest BCUT2D eigenvalue weighted by Crippen LogP contribution is 2.34. The van der Waals surface area contributed by atoms with Crippen molar-refractivity contribution in [1.82, 2.24) is 0 Å². The molecule has 0 aliphatic rings. The molecular formula is C19H25NO3. The van der Waals surface area contributed by atoms with Crippen molar-refractivity contribution in [2.24, 2.45) is 0 Å². The lowest BCUT2D eigenvalue weighted by Gasteiger charge is -2.12. The Kier molecular flexibility index (Phi) is 6.76. The topological polar surface area (TPSA) is 50.7 Å². The van der Waals surface area contributed by atoms with Gasteiger partial charge in [0.1, 0.15) is 11.5 Å². The lowest BCUT2D eigenvalue weighted by Crippen LogP contribution is -2.01. The van der Waals surface area contributed by atoms with Gasteiger partial charge < -0.3 is 19.9 Å². The average molecular weight is 315 g/mol. The van der Waals surface area contributed by atoms with E-state index in [0.717, 1.165) is 54.1 Å². The third-order valence-electron chi connectivity index (χ3n) is 3.75. The molecule has 124 valence electrons. The second kappa shape index (κ2) is 9.06. The molecule has 0 aliphatic heterocycles. The molecule has 23 heavy (non-hydrogen) atoms. The number of rotatable bonds is 9. The Morgan fingerprint density at radius 3 is 2.57 bits per heavy atom. The summed E-state index contributed by atoms with van der Waals surface area (Å²) in [6.07, 6.45) is 2.96. The van der Waals surface area contributed by atoms with E-state index in [1.807, 2.05) is 24.3 Å². The Labute approximate surface area is 138 Å². The molecule has 0 spiro atoms. The van der Waals surface area contributed by atoms with Crippen LogP contribution >= 0.6 is 0 Å². The van der Waals surface area contributed by atoms with Crippen molar-refractivity contribution in [3.63, 3.8) is 0 Å². The Bertz CT molecular complexity index is 613. The molecule has 0 saturated heterocycles. The number of benzene rings is 2. The summed E-state index contributed by atoms with van der Waals surface area (Å²) >= 11 is 0. The lowest BCUT2D eigenvalue weighted by atomic mass is 10.0. The molecule has 2 aromatic rings. The molecule has 0 fully saturated rings. The summed E-state index contributed by atoms with van der Waals surface area (Å²) in [4.78, 5) is 0. The van der Waals surface area contributed by atoms with Gasteiger partial charge in [-0.1, -0.05) is 12.1 Å². The molecule has 0 atom stereocenters. The number of hydrogen-bond donors (Lipinski definition) is 2. The van der Waals surface area contributed by atoms with E-state index in [2.05, 4.69) is 23.5 Å². The summed E-state index contributed by atoms with van der Waals surface area (Å²) in [5.41, 5.74) is 3.23. The van der Waals surface area contributed by atoms with E-state index in [1.165, 1.54) is 0 Å². The lowest BCUT2D eigenvalue weighted by molar-refractivity contribution is 0.283. The van der Waals surface area contributed by atoms with Crippen molar-refractivity contribution < 1.29 is 14.6 Å². The Balaban J connectivity index is 2.10. The Morgan fingerprint density at radius 1 is 0.957 bits per heavy atom. The molecule has 4 nitrogen and oxygen atoms in total. The number of anilines is 1. The Hall–Kier alpha value is -2.20. The van der Waals surface area contributed by atoms with E-state index >= 15 is 0 Å². The van der Waals surface area contributed by atoms with Crippen LogP contribution in [0.25, 0.3) is 11.1 Å². The van der Waals surface area contributed by atoms with E-state index in [-0.39, 0.29) is 6.61 Å². The number of hydrogen-bond acceptors (Lipinski definition) is 4. The highest BCUT2D eigenvalue weighted by Gasteiger charge is 2.08. The zero-order valence-electron chi connectivity index (χ0n) is 13.8. The van der Waals surface area contributed by atoms with Gasteiger partial charge in [0.15, 0.2) is 0 Å². The standard InChI is InChI=1S/C19H25NO3/c1-22-17-9-10-18(19(14-17)23-2)15-7-6-8-16(13-15)20-11-4-3-5-12-21/h6-10,13-14,20-21H,3-5,11-12H2,1-2H3. The summed E-state index contributed by atoms with van der Waals surface area (Å²) in [6.45, 7) is 1.18. The third kappa shape index (κ3) is 4.89. The fraction of sp³-hybridized carbons (Fsp3) is 0.368. The van der Waals surface area contributed by atoms with Crippen molar-refractivity contribution in [3.05, 3.63) is 42.5 Å². The van der Waals surface area contributed by atoms with E-state index in [0.29, 0.717) is 0 Å². The smallest absolute Gasteiger partial charge is 0.130 e. The van der Waals surface area contributed by atoms with Gasteiger partial charge in [0, 0.05) is 30.5 Å². The maximum Gasteiger partial charge on any atom is 0.130 e. The molecule has 0 heterocycles. The molecule has 0 amide bonds. The predicted molar refractivity (Wildman–Crippen MR) is 94.4 cm³/mol. The second-order valence-electron chi connectivity index (χ2n) is 5.36. The van der Waals surface area contributed by atoms with Gasteiger partial charge in [0.2, 0.25) is 0 Å². The molecule has 2 rings (SSSR count). The zero-order chi connectivity index (χ0) is 16.5. The fourth-order valence-electron chi connectivity index (χ4n) is 2.48. The summed E-state index contributed by atoms with van der Waals surface area (Å²) < 4.78 is 10.7. The number of methoxy groups -OCH3 is 2. The van der Waals surface area contributed by atoms with Gasteiger partial charge in [-0.25, -0.2) is 0 Å². The van der Waals surface area contributed by atoms with Gasteiger partial charge >= 0.3 is 0 Å². The van der Waals surface area contributed by atoms with Crippen LogP contribution in [-0.2, 0) is 0 Å². The quantitative estimate of drug-likeness (QED) is 0.688. The minimum Gasteiger partial charge on any atom is -0.497 e. The summed E-state index contributed by atoms with van der Waals surface area (Å²) in [7, 11) is 3.32. The molecule has 0 bridgehead atoms. The maximum absolute atomic E-state index is 8.79. The molecular weight excluding hydrogens is 290 g/mol. The summed E-state index contributed by atoms with van der Waals surface area (Å²) in [5, 5.41) is 12.2. The first-order valence-corrected chi connectivity index (χ1v) is 7.95. The molecule has 0 radical (unpaired) electrons. The van der Waals surface area contributed by atoms with E-state index in [9.17, 15) is 0 Å². The minimum atomic E-state index is 0.271. The molecule has 0 unspecified atom stereocenters. The highest BCUT2D eigenvalue weighted by atomic mass is 16.5. The fourth-order valence-corrected chi connectivity index (χ4v) is 2.48. The molecule has 0 aliphatic carbocycles. The molecule has 0 saturated carbocycles. The van der Waals surface area contributed by atoms with Crippen LogP contribution in [0, 0.1) is 0 Å². The van der Waals surface area contributed by atoms with E-state index in [1.54, 1.807) is 14.2 Å². The van der Waals surface area contributed by atoms with Crippen LogP contribution in [0.2, 0.25) is 0 Å². The summed E-state index contributed by atoms with van der Waals surface area (Å²) in [6, 6.07) is 14.1. The summed E-state index contributed by atoms with van der Waals surface area (Å²) in [5.74, 6) is 1.58. The Morgan fingerprint density at radius 2 is 1.83 bits per heavy atom. The number of aliphatic hydroxyl groups excluding tert-OH is 1. The molecule has 4 heteroatoms. The highest BCUT2D eigenvalue weighted by molar-refractivity contribution is 5.74. The van der Waals surface area contributed by atoms with Crippen LogP contribution in [0.3, 0.4) is 0 Å². The van der Waals surface area contributed by atoms with Gasteiger partial charge in [-0.15, -0.1) is 0 Å². The predicted octanol–water partition coefficient (Wildman–Crippen LogP) is 3.95. The first-order chi connectivity index (χ1) is 11.3. The average Bonchev–Trinajstić information content (AvgIpc) is 2.61. The number of unbranched alkanes of at least 4 members (excludes halogenated alkanes) is 2. The first-order valence-electron chi connectivity index (χ1n) is 7.95. The first kappa shape index (κ1) is 17.2. The minimum absolute atomic E-state index is 0.271. The second-order valence-corrected chi connectivity index (χ2v) is 5.36. The number of nitrogens with one attached hydrogen (secondary N) is 1. The van der Waals surface area contributed by atoms with Crippen LogP contribution in [-0.4, -0.2) is 32.5 Å². The van der Waals surface area contributed by atoms with Crippen LogP contribution in [0.1, 0.15) is 19.3 Å². The van der Waals surface area contributed by atoms with Gasteiger partial charge in [-0.05, 0) is 49.1 Å². The van der Waals surface area contributed by atoms with Crippen molar-refractivity contribution in [2.75, 3.05) is 32.7 Å². The van der Waals surface area contributed by atoms with Gasteiger partial charge in [-0.3, -0.25) is 0 Å². The SMILES string of the molecule is COc1ccc(-c2cccc(NCCCCCO)c2)c(OC)c1. The molecule has 2 N–H and O–H groups in total. The number of aliphatic hydroxyl groups is 1. The van der Waals surface area contributed by atoms with Crippen LogP contribution in [0.4, 0.5) is 5.69 Å². The molecule has 0 aromatic heterocycles. The normalized spacial score (nSPS) is 10.4. The monoisotopic (exact) mass is 315 g/mol. The third-order valence-corrected chi connectivity index (χ3v) is 3.75. The van der Waals surface area contributed by atoms with E-state index in [4.69, 9.17) is 14.6 Å². The van der Waals surface area contributed by atoms with Crippen molar-refractivity contribution in [2.45, 2.75) is 19.3 Å². The van der Waals surface area contributed by atoms with Crippen LogP contribution in [0.15, 0.2) is 42.5 Å². The largest absolute Gasteiger partial charge is 0.497 e.